The minimum atomic E-state index is -0.311. The molecular formula is C21H26N2O3. The fourth-order valence-electron chi connectivity index (χ4n) is 2.55. The number of hydrogen-bond donors (Lipinski definition) is 2. The van der Waals surface area contributed by atoms with Crippen LogP contribution in [0.25, 0.3) is 0 Å². The number of phenols is 1. The van der Waals surface area contributed by atoms with E-state index in [1.54, 1.807) is 24.3 Å². The van der Waals surface area contributed by atoms with Crippen molar-refractivity contribution < 1.29 is 14.6 Å². The SMILES string of the molecule is CCC(=NNC(=O)COc1ccccc1C(C)CC)c1ccc(O)cc1. The highest BCUT2D eigenvalue weighted by Crippen LogP contribution is 2.28. The van der Waals surface area contributed by atoms with Gasteiger partial charge in [-0.15, -0.1) is 0 Å². The largest absolute Gasteiger partial charge is 0.508 e. The molecule has 0 heterocycles. The van der Waals surface area contributed by atoms with E-state index < -0.39 is 0 Å². The van der Waals surface area contributed by atoms with Crippen molar-refractivity contribution in [2.24, 2.45) is 5.10 Å². The molecule has 0 fully saturated rings. The van der Waals surface area contributed by atoms with E-state index in [0.29, 0.717) is 12.3 Å². The Hall–Kier alpha value is -2.82. The number of rotatable bonds is 8. The number of hydrogen-bond acceptors (Lipinski definition) is 4. The third kappa shape index (κ3) is 5.34. The maximum atomic E-state index is 12.1. The number of phenolic OH excluding ortho intramolecular Hbond substituents is 1. The highest BCUT2D eigenvalue weighted by molar-refractivity contribution is 6.01. The van der Waals surface area contributed by atoms with Crippen molar-refractivity contribution in [1.29, 1.82) is 0 Å². The lowest BCUT2D eigenvalue weighted by molar-refractivity contribution is -0.123. The summed E-state index contributed by atoms with van der Waals surface area (Å²) in [6.45, 7) is 6.12. The molecule has 0 aliphatic rings. The van der Waals surface area contributed by atoms with Crippen LogP contribution < -0.4 is 10.2 Å². The summed E-state index contributed by atoms with van der Waals surface area (Å²) in [5, 5.41) is 13.5. The second-order valence-electron chi connectivity index (χ2n) is 6.13. The first-order chi connectivity index (χ1) is 12.5. The van der Waals surface area contributed by atoms with Gasteiger partial charge in [0, 0.05) is 0 Å². The molecule has 2 rings (SSSR count). The van der Waals surface area contributed by atoms with Crippen LogP contribution in [0.5, 0.6) is 11.5 Å². The van der Waals surface area contributed by atoms with E-state index in [-0.39, 0.29) is 18.3 Å². The molecule has 2 N–H and O–H groups in total. The molecule has 0 aliphatic carbocycles. The lowest BCUT2D eigenvalue weighted by atomic mass is 9.98. The Morgan fingerprint density at radius 3 is 2.50 bits per heavy atom. The molecule has 0 saturated heterocycles. The van der Waals surface area contributed by atoms with Crippen LogP contribution >= 0.6 is 0 Å². The van der Waals surface area contributed by atoms with E-state index in [1.807, 2.05) is 31.2 Å². The van der Waals surface area contributed by atoms with Crippen LogP contribution in [0.3, 0.4) is 0 Å². The fraction of sp³-hybridized carbons (Fsp3) is 0.333. The summed E-state index contributed by atoms with van der Waals surface area (Å²) in [4.78, 5) is 12.1. The van der Waals surface area contributed by atoms with Gasteiger partial charge in [0.15, 0.2) is 6.61 Å². The number of ether oxygens (including phenoxy) is 1. The Morgan fingerprint density at radius 1 is 1.15 bits per heavy atom. The number of para-hydroxylation sites is 1. The molecule has 1 amide bonds. The predicted molar refractivity (Wildman–Crippen MR) is 104 cm³/mol. The molecule has 1 atom stereocenters. The van der Waals surface area contributed by atoms with Crippen molar-refractivity contribution in [3.05, 3.63) is 59.7 Å². The van der Waals surface area contributed by atoms with Crippen LogP contribution in [0.2, 0.25) is 0 Å². The number of carbonyl (C=O) groups excluding carboxylic acids is 1. The summed E-state index contributed by atoms with van der Waals surface area (Å²) in [5.41, 5.74) is 5.23. The van der Waals surface area contributed by atoms with Crippen molar-refractivity contribution in [3.63, 3.8) is 0 Å². The molecule has 2 aromatic rings. The molecular weight excluding hydrogens is 328 g/mol. The summed E-state index contributed by atoms with van der Waals surface area (Å²) in [6, 6.07) is 14.5. The van der Waals surface area contributed by atoms with Crippen LogP contribution in [0.4, 0.5) is 0 Å². The maximum Gasteiger partial charge on any atom is 0.277 e. The summed E-state index contributed by atoms with van der Waals surface area (Å²) in [6.07, 6.45) is 1.66. The molecule has 0 radical (unpaired) electrons. The molecule has 5 heteroatoms. The topological polar surface area (TPSA) is 70.9 Å². The van der Waals surface area contributed by atoms with Gasteiger partial charge < -0.3 is 9.84 Å². The summed E-state index contributed by atoms with van der Waals surface area (Å²) >= 11 is 0. The molecule has 2 aromatic carbocycles. The van der Waals surface area contributed by atoms with Gasteiger partial charge in [-0.3, -0.25) is 4.79 Å². The quantitative estimate of drug-likeness (QED) is 0.551. The molecule has 138 valence electrons. The fourth-order valence-corrected chi connectivity index (χ4v) is 2.55. The van der Waals surface area contributed by atoms with Gasteiger partial charge in [0.2, 0.25) is 0 Å². The average Bonchev–Trinajstić information content (AvgIpc) is 2.67. The number of nitrogens with one attached hydrogen (secondary N) is 1. The van der Waals surface area contributed by atoms with Crippen LogP contribution in [-0.4, -0.2) is 23.3 Å². The van der Waals surface area contributed by atoms with Crippen molar-refractivity contribution in [3.8, 4) is 11.5 Å². The summed E-state index contributed by atoms with van der Waals surface area (Å²) < 4.78 is 5.69. The second kappa shape index (κ2) is 9.61. The Morgan fingerprint density at radius 2 is 1.85 bits per heavy atom. The monoisotopic (exact) mass is 354 g/mol. The molecule has 0 aromatic heterocycles. The van der Waals surface area contributed by atoms with Crippen molar-refractivity contribution >= 4 is 11.6 Å². The van der Waals surface area contributed by atoms with E-state index in [0.717, 1.165) is 29.0 Å². The minimum Gasteiger partial charge on any atom is -0.508 e. The van der Waals surface area contributed by atoms with E-state index in [1.165, 1.54) is 0 Å². The summed E-state index contributed by atoms with van der Waals surface area (Å²) in [7, 11) is 0. The number of hydrazone groups is 1. The van der Waals surface area contributed by atoms with Gasteiger partial charge in [-0.1, -0.05) is 39.0 Å². The van der Waals surface area contributed by atoms with Crippen LogP contribution in [-0.2, 0) is 4.79 Å². The first-order valence-corrected chi connectivity index (χ1v) is 8.91. The Labute approximate surface area is 154 Å². The highest BCUT2D eigenvalue weighted by Gasteiger charge is 2.11. The van der Waals surface area contributed by atoms with Crippen molar-refractivity contribution in [1.82, 2.24) is 5.43 Å². The third-order valence-electron chi connectivity index (χ3n) is 4.27. The minimum absolute atomic E-state index is 0.0937. The molecule has 1 unspecified atom stereocenters. The molecule has 0 bridgehead atoms. The van der Waals surface area contributed by atoms with Crippen LogP contribution in [0.15, 0.2) is 53.6 Å². The first-order valence-electron chi connectivity index (χ1n) is 8.91. The molecule has 0 saturated carbocycles. The van der Waals surface area contributed by atoms with Crippen LogP contribution in [0, 0.1) is 0 Å². The lowest BCUT2D eigenvalue weighted by Crippen LogP contribution is -2.26. The Kier molecular flexibility index (Phi) is 7.21. The van der Waals surface area contributed by atoms with E-state index >= 15 is 0 Å². The molecule has 0 aliphatic heterocycles. The van der Waals surface area contributed by atoms with Gasteiger partial charge >= 0.3 is 0 Å². The Bertz CT molecular complexity index is 754. The molecule has 5 nitrogen and oxygen atoms in total. The van der Waals surface area contributed by atoms with Gasteiger partial charge in [-0.2, -0.15) is 5.10 Å². The lowest BCUT2D eigenvalue weighted by Gasteiger charge is -2.15. The van der Waals surface area contributed by atoms with Gasteiger partial charge in [0.05, 0.1) is 5.71 Å². The van der Waals surface area contributed by atoms with Crippen molar-refractivity contribution in [2.75, 3.05) is 6.61 Å². The third-order valence-corrected chi connectivity index (χ3v) is 4.27. The van der Waals surface area contributed by atoms with E-state index in [9.17, 15) is 9.90 Å². The first kappa shape index (κ1) is 19.5. The second-order valence-corrected chi connectivity index (χ2v) is 6.13. The van der Waals surface area contributed by atoms with E-state index in [4.69, 9.17) is 4.74 Å². The predicted octanol–water partition coefficient (Wildman–Crippen LogP) is 4.22. The van der Waals surface area contributed by atoms with Gasteiger partial charge in [0.25, 0.3) is 5.91 Å². The Balaban J connectivity index is 1.97. The molecule has 0 spiro atoms. The molecule has 26 heavy (non-hydrogen) atoms. The van der Waals surface area contributed by atoms with Crippen LogP contribution in [0.1, 0.15) is 50.7 Å². The number of carbonyl (C=O) groups is 1. The zero-order valence-corrected chi connectivity index (χ0v) is 15.5. The number of benzene rings is 2. The summed E-state index contributed by atoms with van der Waals surface area (Å²) in [5.74, 6) is 0.985. The van der Waals surface area contributed by atoms with Gasteiger partial charge in [-0.25, -0.2) is 5.43 Å². The maximum absolute atomic E-state index is 12.1. The smallest absolute Gasteiger partial charge is 0.277 e. The zero-order chi connectivity index (χ0) is 18.9. The highest BCUT2D eigenvalue weighted by atomic mass is 16.5. The normalized spacial score (nSPS) is 12.5. The van der Waals surface area contributed by atoms with Crippen molar-refractivity contribution in [2.45, 2.75) is 39.5 Å². The van der Waals surface area contributed by atoms with Gasteiger partial charge in [-0.05, 0) is 60.2 Å². The average molecular weight is 354 g/mol. The zero-order valence-electron chi connectivity index (χ0n) is 15.5. The number of aromatic hydroxyl groups is 1. The number of amides is 1. The van der Waals surface area contributed by atoms with E-state index in [2.05, 4.69) is 24.4 Å². The standard InChI is InChI=1S/C21H26N2O3/c1-4-15(3)18-8-6-7-9-20(18)26-14-21(25)23-22-19(5-2)16-10-12-17(24)13-11-16/h6-13,15,24H,4-5,14H2,1-3H3,(H,23,25). The van der Waals surface area contributed by atoms with Gasteiger partial charge in [0.1, 0.15) is 11.5 Å². The number of nitrogens with zero attached hydrogens (tertiary/aromatic N) is 1.